The third-order valence-electron chi connectivity index (χ3n) is 6.25. The van der Waals surface area contributed by atoms with Crippen molar-refractivity contribution in [3.8, 4) is 0 Å². The number of hydrogen-bond acceptors (Lipinski definition) is 5. The van der Waals surface area contributed by atoms with Crippen molar-refractivity contribution in [1.29, 1.82) is 0 Å². The summed E-state index contributed by atoms with van der Waals surface area (Å²) >= 11 is 0. The van der Waals surface area contributed by atoms with Gasteiger partial charge in [0.2, 0.25) is 5.78 Å². The number of carbonyl (C=O) groups excluding carboxylic acids is 2. The second kappa shape index (κ2) is 9.06. The minimum Gasteiger partial charge on any atom is -0.454 e. The lowest BCUT2D eigenvalue weighted by molar-refractivity contribution is 0.0474. The van der Waals surface area contributed by atoms with Gasteiger partial charge in [0.15, 0.2) is 6.61 Å². The quantitative estimate of drug-likeness (QED) is 0.377. The van der Waals surface area contributed by atoms with Gasteiger partial charge in [-0.25, -0.2) is 13.2 Å². The first-order valence-electron chi connectivity index (χ1n) is 11.1. The molecule has 1 aliphatic heterocycles. The largest absolute Gasteiger partial charge is 0.454 e. The number of esters is 1. The molecule has 176 valence electrons. The van der Waals surface area contributed by atoms with Crippen molar-refractivity contribution in [2.45, 2.75) is 45.1 Å². The zero-order valence-electron chi connectivity index (χ0n) is 19.7. The molecule has 1 aliphatic rings. The number of fused-ring (bicyclic) bond motifs is 1. The Bertz CT molecular complexity index is 1390. The van der Waals surface area contributed by atoms with Crippen molar-refractivity contribution in [3.63, 3.8) is 0 Å². The predicted octanol–water partition coefficient (Wildman–Crippen LogP) is 4.79. The van der Waals surface area contributed by atoms with Crippen LogP contribution in [0.15, 0.2) is 65.6 Å². The molecular weight excluding hydrogens is 450 g/mol. The smallest absolute Gasteiger partial charge is 0.338 e. The van der Waals surface area contributed by atoms with Gasteiger partial charge in [-0.2, -0.15) is 0 Å². The maximum Gasteiger partial charge on any atom is 0.338 e. The normalized spacial score (nSPS) is 15.2. The molecule has 0 bridgehead atoms. The van der Waals surface area contributed by atoms with E-state index in [-0.39, 0.29) is 22.3 Å². The highest BCUT2D eigenvalue weighted by Crippen LogP contribution is 2.36. The van der Waals surface area contributed by atoms with Crippen LogP contribution in [-0.4, -0.2) is 32.8 Å². The van der Waals surface area contributed by atoms with Crippen molar-refractivity contribution in [2.75, 3.05) is 10.9 Å². The number of hydrogen-bond donors (Lipinski definition) is 0. The maximum absolute atomic E-state index is 13.5. The van der Waals surface area contributed by atoms with Crippen molar-refractivity contribution in [2.24, 2.45) is 0 Å². The van der Waals surface area contributed by atoms with Gasteiger partial charge in [-0.15, -0.1) is 0 Å². The van der Waals surface area contributed by atoms with Crippen LogP contribution < -0.4 is 4.31 Å². The minimum atomic E-state index is -3.89. The zero-order valence-corrected chi connectivity index (χ0v) is 20.5. The van der Waals surface area contributed by atoms with E-state index in [2.05, 4.69) is 0 Å². The van der Waals surface area contributed by atoms with E-state index in [4.69, 9.17) is 4.74 Å². The molecular formula is C27H27NO5S. The van der Waals surface area contributed by atoms with Crippen molar-refractivity contribution >= 4 is 27.5 Å². The van der Waals surface area contributed by atoms with Gasteiger partial charge in [0, 0.05) is 11.6 Å². The van der Waals surface area contributed by atoms with Crippen LogP contribution in [0.1, 0.15) is 49.9 Å². The number of para-hydroxylation sites is 1. The van der Waals surface area contributed by atoms with E-state index in [1.165, 1.54) is 28.6 Å². The Morgan fingerprint density at radius 1 is 0.941 bits per heavy atom. The summed E-state index contributed by atoms with van der Waals surface area (Å²) in [5, 5.41) is 0. The van der Waals surface area contributed by atoms with Gasteiger partial charge >= 0.3 is 5.97 Å². The molecule has 0 amide bonds. The lowest BCUT2D eigenvalue weighted by atomic mass is 9.98. The summed E-state index contributed by atoms with van der Waals surface area (Å²) in [7, 11) is -3.89. The number of nitrogens with zero attached hydrogens (tertiary/aromatic N) is 1. The highest BCUT2D eigenvalue weighted by Gasteiger charge is 2.36. The first kappa shape index (κ1) is 23.7. The fourth-order valence-corrected chi connectivity index (χ4v) is 6.09. The molecule has 34 heavy (non-hydrogen) atoms. The van der Waals surface area contributed by atoms with E-state index >= 15 is 0 Å². The first-order valence-corrected chi connectivity index (χ1v) is 12.5. The second-order valence-electron chi connectivity index (χ2n) is 8.76. The van der Waals surface area contributed by atoms with Gasteiger partial charge in [0.1, 0.15) is 0 Å². The fraction of sp³-hybridized carbons (Fsp3) is 0.259. The third-order valence-corrected chi connectivity index (χ3v) is 8.17. The molecule has 0 saturated heterocycles. The van der Waals surface area contributed by atoms with Gasteiger partial charge in [0.25, 0.3) is 10.0 Å². The topological polar surface area (TPSA) is 80.8 Å². The summed E-state index contributed by atoms with van der Waals surface area (Å²) in [5.74, 6) is -1.05. The maximum atomic E-state index is 13.5. The van der Waals surface area contributed by atoms with Gasteiger partial charge in [0.05, 0.1) is 16.1 Å². The highest BCUT2D eigenvalue weighted by molar-refractivity contribution is 7.92. The summed E-state index contributed by atoms with van der Waals surface area (Å²) in [6.45, 7) is 7.17. The van der Waals surface area contributed by atoms with Crippen molar-refractivity contribution in [3.05, 3.63) is 94.0 Å². The molecule has 1 atom stereocenters. The number of sulfonamides is 1. The minimum absolute atomic E-state index is 0.00170. The summed E-state index contributed by atoms with van der Waals surface area (Å²) in [5.41, 5.74) is 5.08. The summed E-state index contributed by atoms with van der Waals surface area (Å²) in [6.07, 6.45) is 0.622. The van der Waals surface area contributed by atoms with Crippen molar-refractivity contribution in [1.82, 2.24) is 0 Å². The first-order chi connectivity index (χ1) is 16.1. The Balaban J connectivity index is 1.53. The van der Waals surface area contributed by atoms with E-state index in [1.807, 2.05) is 45.9 Å². The fourth-order valence-electron chi connectivity index (χ4n) is 4.35. The molecule has 0 aliphatic carbocycles. The lowest BCUT2D eigenvalue weighted by Gasteiger charge is -2.24. The summed E-state index contributed by atoms with van der Waals surface area (Å²) in [6, 6.07) is 16.6. The number of aryl methyl sites for hydroxylation is 3. The molecule has 0 N–H and O–H groups in total. The molecule has 0 radical (unpaired) electrons. The number of ketones is 1. The Hall–Kier alpha value is -3.45. The molecule has 0 unspecified atom stereocenters. The van der Waals surface area contributed by atoms with Crippen LogP contribution in [0.4, 0.5) is 5.69 Å². The zero-order chi connectivity index (χ0) is 24.6. The molecule has 0 fully saturated rings. The van der Waals surface area contributed by atoms with E-state index in [0.29, 0.717) is 17.7 Å². The Morgan fingerprint density at radius 2 is 1.65 bits per heavy atom. The third kappa shape index (κ3) is 4.35. The number of ether oxygens (including phenoxy) is 1. The molecule has 3 aromatic rings. The standard InChI is InChI=1S/C27H27NO5S/c1-17-12-19(3)24(13-18(17)2)26(29)16-33-27(30)22-9-7-10-23(15-22)34(31,32)28-20(4)14-21-8-5-6-11-25(21)28/h5-13,15,20H,14,16H2,1-4H3/t20-/m0/s1. The van der Waals surface area contributed by atoms with Crippen LogP contribution in [0.3, 0.4) is 0 Å². The molecule has 0 spiro atoms. The van der Waals surface area contributed by atoms with Gasteiger partial charge in [-0.3, -0.25) is 9.10 Å². The molecule has 0 saturated carbocycles. The van der Waals surface area contributed by atoms with E-state index in [0.717, 1.165) is 22.3 Å². The molecule has 1 heterocycles. The van der Waals surface area contributed by atoms with Crippen LogP contribution in [0, 0.1) is 20.8 Å². The molecule has 0 aromatic heterocycles. The van der Waals surface area contributed by atoms with E-state index in [9.17, 15) is 18.0 Å². The van der Waals surface area contributed by atoms with Gasteiger partial charge in [-0.05, 0) is 86.7 Å². The Kier molecular flexibility index (Phi) is 6.32. The highest BCUT2D eigenvalue weighted by atomic mass is 32.2. The van der Waals surface area contributed by atoms with Crippen LogP contribution >= 0.6 is 0 Å². The van der Waals surface area contributed by atoms with Gasteiger partial charge in [-0.1, -0.05) is 30.3 Å². The molecule has 6 nitrogen and oxygen atoms in total. The molecule has 3 aromatic carbocycles. The monoisotopic (exact) mass is 477 g/mol. The number of Topliss-reactive ketones (excluding diaryl/α,β-unsaturated/α-hetero) is 1. The second-order valence-corrected chi connectivity index (χ2v) is 10.6. The summed E-state index contributed by atoms with van der Waals surface area (Å²) < 4.78 is 33.5. The number of carbonyl (C=O) groups is 2. The average molecular weight is 478 g/mol. The lowest BCUT2D eigenvalue weighted by Crippen LogP contribution is -2.35. The Labute approximate surface area is 200 Å². The number of benzene rings is 3. The number of anilines is 1. The van der Waals surface area contributed by atoms with Gasteiger partial charge < -0.3 is 4.74 Å². The van der Waals surface area contributed by atoms with Crippen molar-refractivity contribution < 1.29 is 22.7 Å². The molecule has 4 rings (SSSR count). The van der Waals surface area contributed by atoms with Crippen LogP contribution in [0.5, 0.6) is 0 Å². The predicted molar refractivity (Wildman–Crippen MR) is 131 cm³/mol. The van der Waals surface area contributed by atoms with Crippen LogP contribution in [-0.2, 0) is 21.2 Å². The average Bonchev–Trinajstić information content (AvgIpc) is 3.16. The number of rotatable bonds is 6. The van der Waals surface area contributed by atoms with E-state index < -0.39 is 22.6 Å². The Morgan fingerprint density at radius 3 is 2.41 bits per heavy atom. The SMILES string of the molecule is Cc1cc(C)c(C(=O)COC(=O)c2cccc(S(=O)(=O)N3c4ccccc4C[C@@H]3C)c2)cc1C. The van der Waals surface area contributed by atoms with E-state index in [1.54, 1.807) is 18.2 Å². The van der Waals surface area contributed by atoms with Crippen LogP contribution in [0.25, 0.3) is 0 Å². The van der Waals surface area contributed by atoms with Crippen LogP contribution in [0.2, 0.25) is 0 Å². The molecule has 7 heteroatoms. The summed E-state index contributed by atoms with van der Waals surface area (Å²) in [4.78, 5) is 25.3.